The molecule has 1 fully saturated rings. The summed E-state index contributed by atoms with van der Waals surface area (Å²) in [5.74, 6) is 0.417. The predicted molar refractivity (Wildman–Crippen MR) is 165 cm³/mol. The van der Waals surface area contributed by atoms with E-state index >= 15 is 0 Å². The molecule has 4 aromatic rings. The van der Waals surface area contributed by atoms with E-state index < -0.39 is 0 Å². The quantitative estimate of drug-likeness (QED) is 0.296. The van der Waals surface area contributed by atoms with E-state index in [1.165, 1.54) is 16.7 Å². The number of hydrogen-bond donors (Lipinski definition) is 2. The lowest BCUT2D eigenvalue weighted by molar-refractivity contribution is -0.122. The second-order valence-electron chi connectivity index (χ2n) is 12.6. The highest BCUT2D eigenvalue weighted by atomic mass is 16.2. The Morgan fingerprint density at radius 3 is 2.43 bits per heavy atom. The van der Waals surface area contributed by atoms with E-state index in [-0.39, 0.29) is 23.4 Å². The van der Waals surface area contributed by atoms with Crippen molar-refractivity contribution in [2.24, 2.45) is 5.92 Å². The van der Waals surface area contributed by atoms with Gasteiger partial charge in [0.25, 0.3) is 0 Å². The highest BCUT2D eigenvalue weighted by Gasteiger charge is 2.43. The van der Waals surface area contributed by atoms with Crippen LogP contribution >= 0.6 is 0 Å². The SMILES string of the molecule is CC(C)(C)NC(=O)N1CCc2c(-c3cnn(Cc4ccccc4)c3)ccc(CNC(=O)[C@@H]3C[C@H]3c3ccccc3)c2C1. The molecule has 0 spiro atoms. The van der Waals surface area contributed by atoms with Gasteiger partial charge in [-0.25, -0.2) is 4.79 Å². The number of nitrogens with one attached hydrogen (secondary N) is 2. The Bertz CT molecular complexity index is 1570. The molecule has 0 unspecified atom stereocenters. The van der Waals surface area contributed by atoms with Gasteiger partial charge in [-0.1, -0.05) is 72.8 Å². The third-order valence-electron chi connectivity index (χ3n) is 8.22. The molecule has 42 heavy (non-hydrogen) atoms. The first-order valence-corrected chi connectivity index (χ1v) is 14.9. The van der Waals surface area contributed by atoms with Crippen LogP contribution in [0.2, 0.25) is 0 Å². The molecule has 1 aliphatic carbocycles. The van der Waals surface area contributed by atoms with Crippen LogP contribution in [0.4, 0.5) is 4.79 Å². The Balaban J connectivity index is 1.23. The zero-order valence-electron chi connectivity index (χ0n) is 24.6. The van der Waals surface area contributed by atoms with Crippen molar-refractivity contribution in [1.29, 1.82) is 0 Å². The van der Waals surface area contributed by atoms with Gasteiger partial charge < -0.3 is 15.5 Å². The Morgan fingerprint density at radius 2 is 1.69 bits per heavy atom. The largest absolute Gasteiger partial charge is 0.352 e. The summed E-state index contributed by atoms with van der Waals surface area (Å²) < 4.78 is 1.97. The molecule has 3 amide bonds. The topological polar surface area (TPSA) is 79.3 Å². The summed E-state index contributed by atoms with van der Waals surface area (Å²) in [4.78, 5) is 28.1. The van der Waals surface area contributed by atoms with E-state index in [9.17, 15) is 9.59 Å². The van der Waals surface area contributed by atoms with Gasteiger partial charge in [0.05, 0.1) is 12.7 Å². The summed E-state index contributed by atoms with van der Waals surface area (Å²) in [7, 11) is 0. The number of amides is 3. The van der Waals surface area contributed by atoms with Crippen molar-refractivity contribution in [3.8, 4) is 11.1 Å². The first kappa shape index (κ1) is 27.8. The molecule has 7 nitrogen and oxygen atoms in total. The smallest absolute Gasteiger partial charge is 0.318 e. The summed E-state index contributed by atoms with van der Waals surface area (Å²) >= 11 is 0. The summed E-state index contributed by atoms with van der Waals surface area (Å²) in [5, 5.41) is 11.0. The molecular weight excluding hydrogens is 522 g/mol. The number of nitrogens with zero attached hydrogens (tertiary/aromatic N) is 3. The van der Waals surface area contributed by atoms with Crippen LogP contribution in [-0.2, 0) is 30.8 Å². The molecule has 1 aliphatic heterocycles. The van der Waals surface area contributed by atoms with Crippen LogP contribution in [0.1, 0.15) is 60.9 Å². The minimum Gasteiger partial charge on any atom is -0.352 e. The molecule has 0 bridgehead atoms. The van der Waals surface area contributed by atoms with Gasteiger partial charge in [0.1, 0.15) is 0 Å². The lowest BCUT2D eigenvalue weighted by Gasteiger charge is -2.34. The number of aromatic nitrogens is 2. The van der Waals surface area contributed by atoms with Crippen molar-refractivity contribution in [2.45, 2.75) is 64.7 Å². The number of hydrogen-bond acceptors (Lipinski definition) is 3. The summed E-state index contributed by atoms with van der Waals surface area (Å²) in [6, 6.07) is 24.8. The molecule has 2 aliphatic rings. The van der Waals surface area contributed by atoms with Crippen LogP contribution in [0.3, 0.4) is 0 Å². The molecule has 3 aromatic carbocycles. The highest BCUT2D eigenvalue weighted by molar-refractivity contribution is 5.83. The summed E-state index contributed by atoms with van der Waals surface area (Å²) in [6.45, 7) is 8.28. The van der Waals surface area contributed by atoms with Crippen LogP contribution in [0.5, 0.6) is 0 Å². The third kappa shape index (κ3) is 6.25. The van der Waals surface area contributed by atoms with Gasteiger partial charge >= 0.3 is 6.03 Å². The summed E-state index contributed by atoms with van der Waals surface area (Å²) in [5.41, 5.74) is 7.73. The lowest BCUT2D eigenvalue weighted by Crippen LogP contribution is -2.50. The van der Waals surface area contributed by atoms with E-state index in [4.69, 9.17) is 0 Å². The van der Waals surface area contributed by atoms with Gasteiger partial charge in [-0.2, -0.15) is 5.10 Å². The van der Waals surface area contributed by atoms with E-state index in [1.54, 1.807) is 0 Å². The van der Waals surface area contributed by atoms with Gasteiger partial charge in [0.2, 0.25) is 5.91 Å². The predicted octanol–water partition coefficient (Wildman–Crippen LogP) is 5.88. The van der Waals surface area contributed by atoms with Crippen molar-refractivity contribution >= 4 is 11.9 Å². The van der Waals surface area contributed by atoms with E-state index in [0.29, 0.717) is 32.1 Å². The van der Waals surface area contributed by atoms with Crippen LogP contribution in [0.15, 0.2) is 85.2 Å². The molecular formula is C35H39N5O2. The molecule has 2 atom stereocenters. The Morgan fingerprint density at radius 1 is 0.952 bits per heavy atom. The fourth-order valence-corrected chi connectivity index (χ4v) is 5.98. The molecule has 0 saturated heterocycles. The van der Waals surface area contributed by atoms with Gasteiger partial charge in [-0.15, -0.1) is 0 Å². The monoisotopic (exact) mass is 561 g/mol. The summed E-state index contributed by atoms with van der Waals surface area (Å²) in [6.07, 6.45) is 5.66. The Labute approximate surface area is 247 Å². The molecule has 7 heteroatoms. The fourth-order valence-electron chi connectivity index (χ4n) is 5.98. The maximum Gasteiger partial charge on any atom is 0.318 e. The molecule has 1 saturated carbocycles. The number of carbonyl (C=O) groups is 2. The van der Waals surface area contributed by atoms with Crippen LogP contribution in [0.25, 0.3) is 11.1 Å². The van der Waals surface area contributed by atoms with E-state index in [1.807, 2.05) is 72.9 Å². The van der Waals surface area contributed by atoms with Crippen LogP contribution in [-0.4, -0.2) is 38.7 Å². The maximum atomic E-state index is 13.1. The third-order valence-corrected chi connectivity index (χ3v) is 8.22. The fraction of sp³-hybridized carbons (Fsp3) is 0.343. The maximum absolute atomic E-state index is 13.1. The average molecular weight is 562 g/mol. The average Bonchev–Trinajstić information content (AvgIpc) is 3.67. The van der Waals surface area contributed by atoms with Crippen LogP contribution < -0.4 is 10.6 Å². The number of fused-ring (bicyclic) bond motifs is 1. The van der Waals surface area contributed by atoms with E-state index in [2.05, 4.69) is 58.3 Å². The van der Waals surface area contributed by atoms with Gasteiger partial charge in [-0.05, 0) is 72.9 Å². The van der Waals surface area contributed by atoms with Gasteiger partial charge in [-0.3, -0.25) is 9.48 Å². The van der Waals surface area contributed by atoms with Crippen molar-refractivity contribution in [3.63, 3.8) is 0 Å². The standard InChI is InChI=1S/C35H39N5O2/c1-35(2,3)38-34(42)39-17-16-29-28(27-20-37-40(22-27)21-24-10-6-4-7-11-24)15-14-26(32(29)23-39)19-36-33(41)31-18-30(31)25-12-8-5-9-13-25/h4-15,20,22,30-31H,16-19,21,23H2,1-3H3,(H,36,41)(H,38,42)/t30-,31+/m0/s1. The normalized spacial score (nSPS) is 17.8. The Kier molecular flexibility index (Phi) is 7.58. The highest BCUT2D eigenvalue weighted by Crippen LogP contribution is 2.47. The van der Waals surface area contributed by atoms with Gasteiger partial charge in [0, 0.05) is 42.9 Å². The first-order chi connectivity index (χ1) is 20.2. The van der Waals surface area contributed by atoms with Crippen molar-refractivity contribution in [1.82, 2.24) is 25.3 Å². The molecule has 216 valence electrons. The van der Waals surface area contributed by atoms with Crippen molar-refractivity contribution < 1.29 is 9.59 Å². The molecule has 0 radical (unpaired) electrons. The number of benzene rings is 3. The number of carbonyl (C=O) groups excluding carboxylic acids is 2. The van der Waals surface area contributed by atoms with Gasteiger partial charge in [0.15, 0.2) is 0 Å². The molecule has 6 rings (SSSR count). The zero-order valence-corrected chi connectivity index (χ0v) is 24.6. The lowest BCUT2D eigenvalue weighted by atomic mass is 9.88. The molecule has 2 heterocycles. The van der Waals surface area contributed by atoms with E-state index in [0.717, 1.165) is 35.1 Å². The zero-order chi connectivity index (χ0) is 29.3. The number of urea groups is 1. The second kappa shape index (κ2) is 11.5. The van der Waals surface area contributed by atoms with Crippen molar-refractivity contribution in [2.75, 3.05) is 6.54 Å². The first-order valence-electron chi connectivity index (χ1n) is 14.9. The Hall–Kier alpha value is -4.39. The number of rotatable bonds is 7. The van der Waals surface area contributed by atoms with Crippen molar-refractivity contribution in [3.05, 3.63) is 113 Å². The second-order valence-corrected chi connectivity index (χ2v) is 12.6. The van der Waals surface area contributed by atoms with Crippen LogP contribution in [0, 0.1) is 5.92 Å². The molecule has 2 N–H and O–H groups in total. The minimum absolute atomic E-state index is 0.0204. The minimum atomic E-state index is -0.317. The molecule has 1 aromatic heterocycles.